The molecule has 1 N–H and O–H groups in total. The maximum absolute atomic E-state index is 12.0. The van der Waals surface area contributed by atoms with Crippen LogP contribution < -0.4 is 5.32 Å². The molecular formula is C21H21N3O2. The van der Waals surface area contributed by atoms with Gasteiger partial charge in [-0.15, -0.1) is 0 Å². The molecule has 0 aliphatic rings. The van der Waals surface area contributed by atoms with Crippen molar-refractivity contribution in [3.8, 4) is 11.3 Å². The average molecular weight is 347 g/mol. The Bertz CT molecular complexity index is 869. The van der Waals surface area contributed by atoms with E-state index in [2.05, 4.69) is 10.4 Å². The Morgan fingerprint density at radius 3 is 2.23 bits per heavy atom. The Hall–Kier alpha value is -3.47. The Morgan fingerprint density at radius 1 is 0.923 bits per heavy atom. The molecule has 0 spiro atoms. The minimum Gasteiger partial charge on any atom is -0.323 e. The lowest BCUT2D eigenvalue weighted by Gasteiger charge is -2.03. The highest BCUT2D eigenvalue weighted by Crippen LogP contribution is 2.19. The third-order valence-corrected chi connectivity index (χ3v) is 3.36. The first-order chi connectivity index (χ1) is 12.6. The number of benzene rings is 1. The zero-order chi connectivity index (χ0) is 18.8. The number of nitrogens with zero attached hydrogens (tertiary/aromatic N) is 2. The summed E-state index contributed by atoms with van der Waals surface area (Å²) >= 11 is 0. The van der Waals surface area contributed by atoms with E-state index in [0.717, 1.165) is 5.56 Å². The summed E-state index contributed by atoms with van der Waals surface area (Å²) in [6, 6.07) is 9.05. The molecule has 2 aromatic rings. The van der Waals surface area contributed by atoms with Gasteiger partial charge in [0.05, 0.1) is 5.69 Å². The number of carbonyl (C=O) groups is 2. The summed E-state index contributed by atoms with van der Waals surface area (Å²) in [6.45, 7) is 3.76. The molecule has 2 rings (SSSR count). The summed E-state index contributed by atoms with van der Waals surface area (Å²) in [5.41, 5.74) is 2.23. The highest BCUT2D eigenvalue weighted by atomic mass is 16.2. The first-order valence-corrected chi connectivity index (χ1v) is 8.24. The summed E-state index contributed by atoms with van der Waals surface area (Å²) in [6.07, 6.45) is 15.1. The lowest BCUT2D eigenvalue weighted by Crippen LogP contribution is -2.08. The third kappa shape index (κ3) is 5.56. The fourth-order valence-electron chi connectivity index (χ4n) is 2.09. The third-order valence-electron chi connectivity index (χ3n) is 3.36. The lowest BCUT2D eigenvalue weighted by atomic mass is 10.1. The summed E-state index contributed by atoms with van der Waals surface area (Å²) in [5.74, 6) is -0.412. The normalized spacial score (nSPS) is 11.9. The van der Waals surface area contributed by atoms with Gasteiger partial charge >= 0.3 is 0 Å². The molecule has 5 heteroatoms. The predicted molar refractivity (Wildman–Crippen MR) is 105 cm³/mol. The van der Waals surface area contributed by atoms with Crippen molar-refractivity contribution in [2.45, 2.75) is 13.8 Å². The number of amides is 1. The van der Waals surface area contributed by atoms with Crippen molar-refractivity contribution in [3.05, 3.63) is 85.1 Å². The number of aromatic nitrogens is 2. The predicted octanol–water partition coefficient (Wildman–Crippen LogP) is 4.39. The van der Waals surface area contributed by atoms with E-state index in [1.165, 1.54) is 16.8 Å². The van der Waals surface area contributed by atoms with Crippen molar-refractivity contribution in [2.75, 3.05) is 5.32 Å². The van der Waals surface area contributed by atoms with E-state index in [-0.39, 0.29) is 11.8 Å². The average Bonchev–Trinajstić information content (AvgIpc) is 3.13. The number of carbonyl (C=O) groups excluding carboxylic acids is 2. The molecule has 0 saturated heterocycles. The van der Waals surface area contributed by atoms with Crippen LogP contribution in [0.4, 0.5) is 5.69 Å². The van der Waals surface area contributed by atoms with Crippen molar-refractivity contribution in [1.29, 1.82) is 0 Å². The highest BCUT2D eigenvalue weighted by Gasteiger charge is 2.06. The molecule has 26 heavy (non-hydrogen) atoms. The van der Waals surface area contributed by atoms with Crippen molar-refractivity contribution in [1.82, 2.24) is 9.78 Å². The van der Waals surface area contributed by atoms with E-state index in [4.69, 9.17) is 0 Å². The van der Waals surface area contributed by atoms with Gasteiger partial charge in [0.1, 0.15) is 0 Å². The number of hydrogen-bond acceptors (Lipinski definition) is 3. The SMILES string of the molecule is C/C=C\C=C\C(=O)n1ccc(-c2ccc(NC(=O)/C=C/C=C/C)cc2)n1. The molecule has 0 bridgehead atoms. The van der Waals surface area contributed by atoms with Crippen LogP contribution in [0.25, 0.3) is 11.3 Å². The van der Waals surface area contributed by atoms with E-state index < -0.39 is 0 Å². The zero-order valence-electron chi connectivity index (χ0n) is 14.8. The molecule has 0 aliphatic carbocycles. The number of rotatable bonds is 6. The molecule has 0 unspecified atom stereocenters. The Balaban J connectivity index is 2.04. The van der Waals surface area contributed by atoms with Crippen LogP contribution in [-0.2, 0) is 4.79 Å². The maximum Gasteiger partial charge on any atom is 0.270 e. The number of allylic oxidation sites excluding steroid dienone is 7. The second-order valence-electron chi connectivity index (χ2n) is 5.32. The minimum absolute atomic E-state index is 0.196. The molecule has 132 valence electrons. The van der Waals surface area contributed by atoms with Crippen LogP contribution in [0.3, 0.4) is 0 Å². The molecule has 1 aromatic carbocycles. The fraction of sp³-hybridized carbons (Fsp3) is 0.0952. The Kier molecular flexibility index (Phi) is 7.06. The second kappa shape index (κ2) is 9.74. The van der Waals surface area contributed by atoms with Crippen LogP contribution >= 0.6 is 0 Å². The highest BCUT2D eigenvalue weighted by molar-refractivity contribution is 5.99. The molecule has 1 amide bonds. The molecule has 5 nitrogen and oxygen atoms in total. The van der Waals surface area contributed by atoms with Gasteiger partial charge in [-0.05, 0) is 32.0 Å². The van der Waals surface area contributed by atoms with Crippen molar-refractivity contribution < 1.29 is 9.59 Å². The van der Waals surface area contributed by atoms with Gasteiger partial charge in [0.15, 0.2) is 0 Å². The maximum atomic E-state index is 12.0. The number of hydrogen-bond donors (Lipinski definition) is 1. The number of anilines is 1. The molecule has 0 aliphatic heterocycles. The van der Waals surface area contributed by atoms with Gasteiger partial charge in [-0.2, -0.15) is 5.10 Å². The van der Waals surface area contributed by atoms with E-state index >= 15 is 0 Å². The lowest BCUT2D eigenvalue weighted by molar-refractivity contribution is -0.111. The topological polar surface area (TPSA) is 64.0 Å². The van der Waals surface area contributed by atoms with Gasteiger partial charge < -0.3 is 5.32 Å². The molecule has 1 heterocycles. The summed E-state index contributed by atoms with van der Waals surface area (Å²) < 4.78 is 1.29. The Morgan fingerprint density at radius 2 is 1.58 bits per heavy atom. The van der Waals surface area contributed by atoms with Crippen LogP contribution in [0.2, 0.25) is 0 Å². The van der Waals surface area contributed by atoms with E-state index in [9.17, 15) is 9.59 Å². The summed E-state index contributed by atoms with van der Waals surface area (Å²) in [4.78, 5) is 23.7. The van der Waals surface area contributed by atoms with Crippen LogP contribution in [0.1, 0.15) is 18.6 Å². The standard InChI is InChI=1S/C21H21N3O2/c1-3-5-7-9-20(25)22-18-13-11-17(12-14-18)19-15-16-24(23-19)21(26)10-8-6-4-2/h3-16H,1-2H3,(H,22,25)/b5-3+,6-4-,9-7+,10-8+. The quantitative estimate of drug-likeness (QED) is 0.622. The summed E-state index contributed by atoms with van der Waals surface area (Å²) in [7, 11) is 0. The second-order valence-corrected chi connectivity index (χ2v) is 5.32. The monoisotopic (exact) mass is 347 g/mol. The summed E-state index contributed by atoms with van der Waals surface area (Å²) in [5, 5.41) is 7.06. The van der Waals surface area contributed by atoms with Gasteiger partial charge in [-0.1, -0.05) is 48.6 Å². The molecule has 0 radical (unpaired) electrons. The first kappa shape index (κ1) is 18.9. The Labute approximate surface area is 153 Å². The smallest absolute Gasteiger partial charge is 0.270 e. The van der Waals surface area contributed by atoms with Crippen LogP contribution in [0.15, 0.2) is 85.1 Å². The first-order valence-electron chi connectivity index (χ1n) is 8.24. The van der Waals surface area contributed by atoms with Gasteiger partial charge in [0.25, 0.3) is 5.91 Å². The molecular weight excluding hydrogens is 326 g/mol. The minimum atomic E-state index is -0.217. The van der Waals surface area contributed by atoms with E-state index in [1.54, 1.807) is 48.7 Å². The van der Waals surface area contributed by atoms with Crippen molar-refractivity contribution in [3.63, 3.8) is 0 Å². The molecule has 0 saturated carbocycles. The molecule has 0 atom stereocenters. The van der Waals surface area contributed by atoms with E-state index in [0.29, 0.717) is 11.4 Å². The van der Waals surface area contributed by atoms with Gasteiger partial charge in [-0.3, -0.25) is 9.59 Å². The largest absolute Gasteiger partial charge is 0.323 e. The van der Waals surface area contributed by atoms with Gasteiger partial charge in [0.2, 0.25) is 5.91 Å². The van der Waals surface area contributed by atoms with Crippen LogP contribution in [-0.4, -0.2) is 21.6 Å². The van der Waals surface area contributed by atoms with Crippen molar-refractivity contribution in [2.24, 2.45) is 0 Å². The van der Waals surface area contributed by atoms with Gasteiger partial charge in [0, 0.05) is 29.6 Å². The van der Waals surface area contributed by atoms with Gasteiger partial charge in [-0.25, -0.2) is 4.68 Å². The molecule has 0 fully saturated rings. The molecule has 1 aromatic heterocycles. The van der Waals surface area contributed by atoms with Crippen LogP contribution in [0.5, 0.6) is 0 Å². The number of nitrogens with one attached hydrogen (secondary N) is 1. The van der Waals surface area contributed by atoms with Crippen LogP contribution in [0, 0.1) is 0 Å². The zero-order valence-corrected chi connectivity index (χ0v) is 14.8. The fourth-order valence-corrected chi connectivity index (χ4v) is 2.09. The van der Waals surface area contributed by atoms with Crippen molar-refractivity contribution >= 4 is 17.5 Å². The van der Waals surface area contributed by atoms with E-state index in [1.807, 2.05) is 38.1 Å².